The molecule has 1 aliphatic heterocycles. The summed E-state index contributed by atoms with van der Waals surface area (Å²) in [4.78, 5) is 11.0. The molecule has 3 heterocycles. The highest BCUT2D eigenvalue weighted by Gasteiger charge is 2.25. The Hall–Kier alpha value is -3.97. The summed E-state index contributed by atoms with van der Waals surface area (Å²) in [6.45, 7) is 4.75. The summed E-state index contributed by atoms with van der Waals surface area (Å²) in [7, 11) is 0. The number of nitriles is 1. The van der Waals surface area contributed by atoms with E-state index in [1.54, 1.807) is 17.0 Å². The molecule has 5 rings (SSSR count). The number of nitrogens with two attached hydrogens (primary N) is 1. The number of hydrogen-bond acceptors (Lipinski definition) is 8. The maximum absolute atomic E-state index is 14.4. The lowest BCUT2D eigenvalue weighted by molar-refractivity contribution is 0.461. The Labute approximate surface area is 211 Å². The van der Waals surface area contributed by atoms with Gasteiger partial charge in [0.2, 0.25) is 11.8 Å². The van der Waals surface area contributed by atoms with Crippen LogP contribution in [0.3, 0.4) is 0 Å². The second kappa shape index (κ2) is 9.59. The lowest BCUT2D eigenvalue weighted by Gasteiger charge is -2.34. The minimum Gasteiger partial charge on any atom is -0.437 e. The van der Waals surface area contributed by atoms with Gasteiger partial charge in [-0.05, 0) is 73.5 Å². The molecule has 2 aromatic heterocycles. The van der Waals surface area contributed by atoms with Crippen molar-refractivity contribution in [3.63, 3.8) is 0 Å². The van der Waals surface area contributed by atoms with E-state index in [1.807, 2.05) is 25.3 Å². The monoisotopic (exact) mass is 506 g/mol. The van der Waals surface area contributed by atoms with Crippen LogP contribution in [-0.4, -0.2) is 29.1 Å². The van der Waals surface area contributed by atoms with Crippen LogP contribution in [0.5, 0.6) is 11.6 Å². The number of anilines is 3. The molecular formula is C26H24F2N6OS. The van der Waals surface area contributed by atoms with Crippen LogP contribution < -0.4 is 20.7 Å². The van der Waals surface area contributed by atoms with E-state index in [0.717, 1.165) is 33.5 Å². The van der Waals surface area contributed by atoms with Gasteiger partial charge in [-0.25, -0.2) is 13.8 Å². The number of nitrogens with one attached hydrogen (secondary N) is 1. The number of halogens is 2. The fourth-order valence-electron chi connectivity index (χ4n) is 4.56. The SMILES string of the molecule is Cc1cc(C#N)cc(C)c1Oc1nc(NC2CCN(c3c(F)cc(N)cc3F)CC2)nc2ccsc12. The van der Waals surface area contributed by atoms with Gasteiger partial charge in [0.25, 0.3) is 0 Å². The third kappa shape index (κ3) is 4.62. The second-order valence-electron chi connectivity index (χ2n) is 8.88. The summed E-state index contributed by atoms with van der Waals surface area (Å²) in [5.74, 6) is 0.231. The number of rotatable bonds is 5. The number of nitrogens with zero attached hydrogens (tertiary/aromatic N) is 4. The van der Waals surface area contributed by atoms with Crippen molar-refractivity contribution in [3.05, 3.63) is 64.0 Å². The summed E-state index contributed by atoms with van der Waals surface area (Å²) in [6, 6.07) is 9.97. The van der Waals surface area contributed by atoms with Gasteiger partial charge in [0.05, 0.1) is 17.1 Å². The van der Waals surface area contributed by atoms with E-state index in [2.05, 4.69) is 21.4 Å². The molecular weight excluding hydrogens is 482 g/mol. The van der Waals surface area contributed by atoms with Crippen LogP contribution in [0.2, 0.25) is 0 Å². The molecule has 36 heavy (non-hydrogen) atoms. The van der Waals surface area contributed by atoms with Crippen molar-refractivity contribution in [1.82, 2.24) is 9.97 Å². The molecule has 1 saturated heterocycles. The topological polar surface area (TPSA) is 100 Å². The Morgan fingerprint density at radius 3 is 2.42 bits per heavy atom. The fraction of sp³-hybridized carbons (Fsp3) is 0.269. The van der Waals surface area contributed by atoms with Crippen molar-refractivity contribution in [2.24, 2.45) is 0 Å². The summed E-state index contributed by atoms with van der Waals surface area (Å²) < 4.78 is 35.8. The standard InChI is InChI=1S/C26H24F2N6OS/c1-14-9-16(13-29)10-15(2)23(14)35-25-24-21(5-8-36-24)32-26(33-25)31-18-3-6-34(7-4-18)22-19(27)11-17(30)12-20(22)28/h5,8-12,18H,3-4,6-7,30H2,1-2H3,(H,31,32,33). The zero-order valence-electron chi connectivity index (χ0n) is 19.8. The largest absolute Gasteiger partial charge is 0.437 e. The first kappa shape index (κ1) is 23.8. The van der Waals surface area contributed by atoms with Crippen LogP contribution in [0.4, 0.5) is 26.1 Å². The number of aryl methyl sites for hydroxylation is 2. The summed E-state index contributed by atoms with van der Waals surface area (Å²) in [5.41, 5.74) is 8.60. The molecule has 1 fully saturated rings. The molecule has 0 bridgehead atoms. The maximum Gasteiger partial charge on any atom is 0.242 e. The van der Waals surface area contributed by atoms with E-state index in [9.17, 15) is 14.0 Å². The van der Waals surface area contributed by atoms with E-state index in [-0.39, 0.29) is 17.4 Å². The molecule has 10 heteroatoms. The zero-order valence-corrected chi connectivity index (χ0v) is 20.6. The van der Waals surface area contributed by atoms with Crippen molar-refractivity contribution >= 4 is 38.9 Å². The fourth-order valence-corrected chi connectivity index (χ4v) is 5.32. The number of ether oxygens (including phenoxy) is 1. The minimum atomic E-state index is -0.652. The average Bonchev–Trinajstić information content (AvgIpc) is 3.30. The number of nitrogen functional groups attached to an aromatic ring is 1. The predicted octanol–water partition coefficient (Wildman–Crippen LogP) is 5.91. The van der Waals surface area contributed by atoms with Gasteiger partial charge in [-0.2, -0.15) is 10.2 Å². The molecule has 0 atom stereocenters. The van der Waals surface area contributed by atoms with Gasteiger partial charge < -0.3 is 20.7 Å². The van der Waals surface area contributed by atoms with Gasteiger partial charge in [-0.3, -0.25) is 0 Å². The molecule has 184 valence electrons. The van der Waals surface area contributed by atoms with Crippen molar-refractivity contribution in [3.8, 4) is 17.7 Å². The van der Waals surface area contributed by atoms with E-state index >= 15 is 0 Å². The highest BCUT2D eigenvalue weighted by atomic mass is 32.1. The maximum atomic E-state index is 14.4. The first-order valence-electron chi connectivity index (χ1n) is 11.5. The molecule has 2 aromatic carbocycles. The molecule has 1 aliphatic rings. The summed E-state index contributed by atoms with van der Waals surface area (Å²) in [6.07, 6.45) is 1.30. The third-order valence-electron chi connectivity index (χ3n) is 6.24. The van der Waals surface area contributed by atoms with Gasteiger partial charge in [-0.15, -0.1) is 11.3 Å². The average molecular weight is 507 g/mol. The zero-order chi connectivity index (χ0) is 25.4. The Morgan fingerprint density at radius 1 is 1.11 bits per heavy atom. The highest BCUT2D eigenvalue weighted by Crippen LogP contribution is 2.36. The Kier molecular flexibility index (Phi) is 6.33. The van der Waals surface area contributed by atoms with Crippen molar-refractivity contribution in [2.45, 2.75) is 32.7 Å². The van der Waals surface area contributed by atoms with Gasteiger partial charge >= 0.3 is 0 Å². The van der Waals surface area contributed by atoms with E-state index in [0.29, 0.717) is 49.1 Å². The smallest absolute Gasteiger partial charge is 0.242 e. The van der Waals surface area contributed by atoms with Gasteiger partial charge in [-0.1, -0.05) is 0 Å². The first-order valence-corrected chi connectivity index (χ1v) is 12.4. The van der Waals surface area contributed by atoms with Crippen molar-refractivity contribution in [2.75, 3.05) is 29.0 Å². The van der Waals surface area contributed by atoms with Crippen molar-refractivity contribution < 1.29 is 13.5 Å². The summed E-state index contributed by atoms with van der Waals surface area (Å²) in [5, 5.41) is 14.5. The van der Waals surface area contributed by atoms with E-state index in [4.69, 9.17) is 10.5 Å². The van der Waals surface area contributed by atoms with Crippen LogP contribution in [-0.2, 0) is 0 Å². The number of piperidine rings is 1. The first-order chi connectivity index (χ1) is 17.3. The molecule has 0 unspecified atom stereocenters. The molecule has 0 spiro atoms. The molecule has 7 nitrogen and oxygen atoms in total. The Morgan fingerprint density at radius 2 is 1.78 bits per heavy atom. The molecule has 4 aromatic rings. The number of hydrogen-bond donors (Lipinski definition) is 2. The Bertz CT molecular complexity index is 1440. The van der Waals surface area contributed by atoms with Gasteiger partial charge in [0, 0.05) is 24.8 Å². The van der Waals surface area contributed by atoms with Crippen LogP contribution in [0, 0.1) is 36.8 Å². The van der Waals surface area contributed by atoms with Crippen LogP contribution >= 0.6 is 11.3 Å². The second-order valence-corrected chi connectivity index (χ2v) is 9.80. The van der Waals surface area contributed by atoms with Gasteiger partial charge in [0.15, 0.2) is 11.6 Å². The summed E-state index contributed by atoms with van der Waals surface area (Å²) >= 11 is 1.49. The molecule has 0 aliphatic carbocycles. The number of benzene rings is 2. The van der Waals surface area contributed by atoms with Gasteiger partial charge in [0.1, 0.15) is 16.1 Å². The predicted molar refractivity (Wildman–Crippen MR) is 138 cm³/mol. The molecule has 0 saturated carbocycles. The lowest BCUT2D eigenvalue weighted by atomic mass is 10.0. The number of thiophene rings is 1. The van der Waals surface area contributed by atoms with E-state index in [1.165, 1.54) is 11.3 Å². The van der Waals surface area contributed by atoms with Crippen LogP contribution in [0.25, 0.3) is 10.2 Å². The molecule has 0 amide bonds. The van der Waals surface area contributed by atoms with Crippen LogP contribution in [0.15, 0.2) is 35.7 Å². The van der Waals surface area contributed by atoms with Crippen molar-refractivity contribution in [1.29, 1.82) is 5.26 Å². The van der Waals surface area contributed by atoms with Crippen LogP contribution in [0.1, 0.15) is 29.5 Å². The third-order valence-corrected chi connectivity index (χ3v) is 7.14. The molecule has 0 radical (unpaired) electrons. The minimum absolute atomic E-state index is 0.0310. The highest BCUT2D eigenvalue weighted by molar-refractivity contribution is 7.17. The molecule has 3 N–H and O–H groups in total. The lowest BCUT2D eigenvalue weighted by Crippen LogP contribution is -2.40. The quantitative estimate of drug-likeness (QED) is 0.324. The number of fused-ring (bicyclic) bond motifs is 1. The van der Waals surface area contributed by atoms with E-state index < -0.39 is 11.6 Å². The number of aromatic nitrogens is 2. The normalized spacial score (nSPS) is 14.1. The Balaban J connectivity index is 1.34.